The highest BCUT2D eigenvalue weighted by atomic mass is 19.1. The summed E-state index contributed by atoms with van der Waals surface area (Å²) in [4.78, 5) is 12.1. The molecule has 0 spiro atoms. The van der Waals surface area contributed by atoms with E-state index in [1.165, 1.54) is 12.1 Å². The lowest BCUT2D eigenvalue weighted by Crippen LogP contribution is -1.88. The summed E-state index contributed by atoms with van der Waals surface area (Å²) in [5.41, 5.74) is 4.51. The van der Waals surface area contributed by atoms with Crippen LogP contribution in [0, 0.1) is 12.7 Å². The van der Waals surface area contributed by atoms with Crippen molar-refractivity contribution in [3.63, 3.8) is 0 Å². The van der Waals surface area contributed by atoms with E-state index in [-0.39, 0.29) is 5.82 Å². The van der Waals surface area contributed by atoms with Crippen molar-refractivity contribution in [3.05, 3.63) is 66.6 Å². The lowest BCUT2D eigenvalue weighted by Gasteiger charge is -2.04. The highest BCUT2D eigenvalue weighted by Gasteiger charge is 2.13. The monoisotopic (exact) mass is 292 g/mol. The summed E-state index contributed by atoms with van der Waals surface area (Å²) in [5, 5.41) is 0. The number of benzene rings is 1. The van der Waals surface area contributed by atoms with Crippen LogP contribution in [0.1, 0.15) is 5.82 Å². The number of pyridine rings is 1. The maximum Gasteiger partial charge on any atom is 0.136 e. The highest BCUT2D eigenvalue weighted by Crippen LogP contribution is 2.30. The summed E-state index contributed by atoms with van der Waals surface area (Å²) >= 11 is 0. The summed E-state index contributed by atoms with van der Waals surface area (Å²) in [6, 6.07) is 10.3. The van der Waals surface area contributed by atoms with E-state index in [1.54, 1.807) is 18.3 Å². The van der Waals surface area contributed by atoms with Crippen molar-refractivity contribution < 1.29 is 4.39 Å². The second kappa shape index (κ2) is 4.80. The van der Waals surface area contributed by atoms with Crippen molar-refractivity contribution in [1.29, 1.82) is 0 Å². The van der Waals surface area contributed by atoms with Crippen molar-refractivity contribution >= 4 is 5.65 Å². The van der Waals surface area contributed by atoms with Crippen LogP contribution in [0.5, 0.6) is 0 Å². The predicted octanol–water partition coefficient (Wildman–Crippen LogP) is 3.84. The van der Waals surface area contributed by atoms with Gasteiger partial charge in [0.2, 0.25) is 0 Å². The molecule has 0 amide bonds. The molecule has 0 aliphatic carbocycles. The first kappa shape index (κ1) is 12.8. The zero-order valence-electron chi connectivity index (χ0n) is 11.9. The molecule has 0 unspecified atom stereocenters. The van der Waals surface area contributed by atoms with E-state index in [9.17, 15) is 4.39 Å². The molecule has 3 heterocycles. The average molecular weight is 292 g/mol. The molecule has 0 saturated heterocycles. The number of aromatic amines is 1. The zero-order chi connectivity index (χ0) is 15.1. The first-order valence-electron chi connectivity index (χ1n) is 6.96. The second-order valence-electron chi connectivity index (χ2n) is 5.16. The number of halogens is 1. The molecule has 5 heteroatoms. The Balaban J connectivity index is 1.89. The summed E-state index contributed by atoms with van der Waals surface area (Å²) < 4.78 is 15.1. The van der Waals surface area contributed by atoms with Crippen LogP contribution in [-0.2, 0) is 0 Å². The fourth-order valence-electron chi connectivity index (χ4n) is 2.59. The van der Waals surface area contributed by atoms with Crippen molar-refractivity contribution in [2.24, 2.45) is 0 Å². The lowest BCUT2D eigenvalue weighted by atomic mass is 10.1. The van der Waals surface area contributed by atoms with Gasteiger partial charge in [-0.1, -0.05) is 0 Å². The third kappa shape index (κ3) is 2.07. The minimum absolute atomic E-state index is 0.252. The molecule has 108 valence electrons. The van der Waals surface area contributed by atoms with Crippen LogP contribution in [0.25, 0.3) is 28.2 Å². The topological polar surface area (TPSA) is 46.0 Å². The molecule has 4 aromatic rings. The van der Waals surface area contributed by atoms with E-state index < -0.39 is 0 Å². The van der Waals surface area contributed by atoms with E-state index in [1.807, 2.05) is 35.9 Å². The maximum absolute atomic E-state index is 13.1. The normalized spacial score (nSPS) is 11.2. The molecular formula is C17H13FN4. The van der Waals surface area contributed by atoms with Crippen LogP contribution < -0.4 is 0 Å². The number of hydrogen-bond donors (Lipinski definition) is 1. The smallest absolute Gasteiger partial charge is 0.136 e. The largest absolute Gasteiger partial charge is 0.342 e. The van der Waals surface area contributed by atoms with Crippen LogP contribution in [0.3, 0.4) is 0 Å². The molecule has 1 aromatic carbocycles. The van der Waals surface area contributed by atoms with Crippen LogP contribution in [-0.4, -0.2) is 19.4 Å². The van der Waals surface area contributed by atoms with E-state index in [0.717, 1.165) is 34.0 Å². The number of rotatable bonds is 2. The van der Waals surface area contributed by atoms with Crippen LogP contribution in [0.4, 0.5) is 4.39 Å². The van der Waals surface area contributed by atoms with Gasteiger partial charge in [0.05, 0.1) is 11.4 Å². The van der Waals surface area contributed by atoms with Gasteiger partial charge in [0.25, 0.3) is 0 Å². The van der Waals surface area contributed by atoms with Gasteiger partial charge in [-0.25, -0.2) is 14.4 Å². The number of H-pyrrole nitrogens is 1. The number of nitrogens with one attached hydrogen (secondary N) is 1. The van der Waals surface area contributed by atoms with Crippen molar-refractivity contribution in [2.45, 2.75) is 6.92 Å². The van der Waals surface area contributed by atoms with E-state index in [2.05, 4.69) is 15.0 Å². The lowest BCUT2D eigenvalue weighted by molar-refractivity contribution is 0.628. The summed E-state index contributed by atoms with van der Waals surface area (Å²) in [7, 11) is 0. The number of aromatic nitrogens is 4. The molecule has 0 aliphatic heterocycles. The Morgan fingerprint density at radius 3 is 2.64 bits per heavy atom. The molecule has 4 nitrogen and oxygen atoms in total. The Bertz CT molecular complexity index is 950. The molecule has 0 atom stereocenters. The van der Waals surface area contributed by atoms with Gasteiger partial charge in [-0.05, 0) is 43.3 Å². The molecule has 4 rings (SSSR count). The predicted molar refractivity (Wildman–Crippen MR) is 82.9 cm³/mol. The Labute approximate surface area is 126 Å². The molecule has 3 aromatic heterocycles. The number of fused-ring (bicyclic) bond motifs is 1. The standard InChI is InChI=1S/C17H13FN4/c1-11-20-16(12-2-5-14(18)6-3-12)17(21-11)13-4-7-15-19-8-9-22(15)10-13/h2-10H,1H3,(H,20,21). The van der Waals surface area contributed by atoms with Crippen molar-refractivity contribution in [3.8, 4) is 22.5 Å². The Hall–Kier alpha value is -2.95. The maximum atomic E-state index is 13.1. The quantitative estimate of drug-likeness (QED) is 0.610. The van der Waals surface area contributed by atoms with Crippen molar-refractivity contribution in [1.82, 2.24) is 19.4 Å². The van der Waals surface area contributed by atoms with Gasteiger partial charge in [0.15, 0.2) is 0 Å². The molecule has 0 bridgehead atoms. The number of aryl methyl sites for hydroxylation is 1. The minimum Gasteiger partial charge on any atom is -0.342 e. The molecular weight excluding hydrogens is 279 g/mol. The average Bonchev–Trinajstić information content (AvgIpc) is 3.13. The molecule has 1 N–H and O–H groups in total. The van der Waals surface area contributed by atoms with Gasteiger partial charge in [0, 0.05) is 29.7 Å². The van der Waals surface area contributed by atoms with Gasteiger partial charge >= 0.3 is 0 Å². The molecule has 0 aliphatic rings. The van der Waals surface area contributed by atoms with Gasteiger partial charge < -0.3 is 9.38 Å². The molecule has 0 radical (unpaired) electrons. The Morgan fingerprint density at radius 2 is 1.82 bits per heavy atom. The first-order valence-corrected chi connectivity index (χ1v) is 6.96. The van der Waals surface area contributed by atoms with Gasteiger partial charge in [-0.3, -0.25) is 0 Å². The second-order valence-corrected chi connectivity index (χ2v) is 5.16. The zero-order valence-corrected chi connectivity index (χ0v) is 11.9. The third-order valence-electron chi connectivity index (χ3n) is 3.62. The van der Waals surface area contributed by atoms with Crippen molar-refractivity contribution in [2.75, 3.05) is 0 Å². The summed E-state index contributed by atoms with van der Waals surface area (Å²) in [5.74, 6) is 0.567. The van der Waals surface area contributed by atoms with Crippen LogP contribution >= 0.6 is 0 Å². The summed E-state index contributed by atoms with van der Waals surface area (Å²) in [6.07, 6.45) is 5.67. The van der Waals surface area contributed by atoms with E-state index in [4.69, 9.17) is 0 Å². The number of nitrogens with zero attached hydrogens (tertiary/aromatic N) is 3. The fourth-order valence-corrected chi connectivity index (χ4v) is 2.59. The van der Waals surface area contributed by atoms with E-state index >= 15 is 0 Å². The van der Waals surface area contributed by atoms with Gasteiger partial charge in [-0.15, -0.1) is 0 Å². The number of hydrogen-bond acceptors (Lipinski definition) is 2. The van der Waals surface area contributed by atoms with Gasteiger partial charge in [0.1, 0.15) is 17.3 Å². The van der Waals surface area contributed by atoms with Gasteiger partial charge in [-0.2, -0.15) is 0 Å². The SMILES string of the molecule is Cc1nc(-c2ccc(F)cc2)c(-c2ccc3nccn3c2)[nH]1. The third-order valence-corrected chi connectivity index (χ3v) is 3.62. The number of imidazole rings is 2. The summed E-state index contributed by atoms with van der Waals surface area (Å²) in [6.45, 7) is 1.91. The Kier molecular flexibility index (Phi) is 2.79. The first-order chi connectivity index (χ1) is 10.7. The Morgan fingerprint density at radius 1 is 1.05 bits per heavy atom. The molecule has 0 saturated carbocycles. The fraction of sp³-hybridized carbons (Fsp3) is 0.0588. The molecule has 22 heavy (non-hydrogen) atoms. The molecule has 0 fully saturated rings. The minimum atomic E-state index is -0.252. The van der Waals surface area contributed by atoms with Crippen LogP contribution in [0.15, 0.2) is 55.0 Å². The van der Waals surface area contributed by atoms with Crippen LogP contribution in [0.2, 0.25) is 0 Å². The van der Waals surface area contributed by atoms with E-state index in [0.29, 0.717) is 0 Å². The highest BCUT2D eigenvalue weighted by molar-refractivity contribution is 5.78.